The molecule has 4 nitrogen and oxygen atoms in total. The van der Waals surface area contributed by atoms with E-state index in [9.17, 15) is 0 Å². The Balaban J connectivity index is 1.69. The van der Waals surface area contributed by atoms with E-state index >= 15 is 0 Å². The summed E-state index contributed by atoms with van der Waals surface area (Å²) in [7, 11) is 0. The predicted octanol–water partition coefficient (Wildman–Crippen LogP) is 5.03. The maximum atomic E-state index is 8.88. The molecule has 0 aliphatic heterocycles. The van der Waals surface area contributed by atoms with E-state index in [1.165, 1.54) is 0 Å². The first-order valence-electron chi connectivity index (χ1n) is 8.51. The minimum atomic E-state index is 0.524. The first-order chi connectivity index (χ1) is 12.8. The Morgan fingerprint density at radius 3 is 2.04 bits per heavy atom. The van der Waals surface area contributed by atoms with E-state index < -0.39 is 0 Å². The summed E-state index contributed by atoms with van der Waals surface area (Å²) in [4.78, 5) is 8.75. The van der Waals surface area contributed by atoms with Gasteiger partial charge in [0, 0.05) is 5.56 Å². The molecule has 0 unspecified atom stereocenters. The Labute approximate surface area is 153 Å². The number of nitriles is 1. The lowest BCUT2D eigenvalue weighted by Crippen LogP contribution is -1.96. The number of aromatic nitrogens is 2. The van der Waals surface area contributed by atoms with Crippen LogP contribution in [0.1, 0.15) is 18.9 Å². The van der Waals surface area contributed by atoms with Gasteiger partial charge in [0.25, 0.3) is 0 Å². The van der Waals surface area contributed by atoms with Gasteiger partial charge in [0.1, 0.15) is 6.61 Å². The summed E-state index contributed by atoms with van der Waals surface area (Å²) in [6.45, 7) is 2.61. The first-order valence-corrected chi connectivity index (χ1v) is 8.51. The average Bonchev–Trinajstić information content (AvgIpc) is 2.72. The van der Waals surface area contributed by atoms with Crippen LogP contribution in [0.2, 0.25) is 0 Å². The molecule has 0 atom stereocenters. The molecule has 0 bridgehead atoms. The van der Waals surface area contributed by atoms with E-state index in [1.807, 2.05) is 54.6 Å². The third kappa shape index (κ3) is 4.34. The molecule has 0 radical (unpaired) electrons. The number of hydrogen-bond donors (Lipinski definition) is 0. The van der Waals surface area contributed by atoms with Crippen LogP contribution < -0.4 is 4.74 Å². The standard InChI is InChI=1S/C22H19N3O/c1-2-3-4-13-26-21-15-24-22(25-16-21)20-11-9-19(10-12-20)18-7-5-17(14-23)6-8-18/h3-12,15-16H,2,13H2,1H3. The summed E-state index contributed by atoms with van der Waals surface area (Å²) < 4.78 is 5.56. The molecule has 128 valence electrons. The maximum Gasteiger partial charge on any atom is 0.159 e. The van der Waals surface area contributed by atoms with Gasteiger partial charge in [0.15, 0.2) is 11.6 Å². The quantitative estimate of drug-likeness (QED) is 0.590. The summed E-state index contributed by atoms with van der Waals surface area (Å²) >= 11 is 0. The van der Waals surface area contributed by atoms with Crippen LogP contribution in [0.25, 0.3) is 22.5 Å². The van der Waals surface area contributed by atoms with Crippen molar-refractivity contribution in [2.24, 2.45) is 0 Å². The van der Waals surface area contributed by atoms with Crippen LogP contribution in [-0.2, 0) is 0 Å². The minimum Gasteiger partial charge on any atom is -0.486 e. The Kier molecular flexibility index (Phi) is 5.74. The van der Waals surface area contributed by atoms with Crippen LogP contribution in [0.5, 0.6) is 5.75 Å². The lowest BCUT2D eigenvalue weighted by atomic mass is 10.0. The van der Waals surface area contributed by atoms with Crippen molar-refractivity contribution < 1.29 is 4.74 Å². The van der Waals surface area contributed by atoms with E-state index in [4.69, 9.17) is 10.00 Å². The number of nitrogens with zero attached hydrogens (tertiary/aromatic N) is 3. The van der Waals surface area contributed by atoms with Gasteiger partial charge < -0.3 is 4.74 Å². The Morgan fingerprint density at radius 1 is 0.885 bits per heavy atom. The normalized spacial score (nSPS) is 10.6. The van der Waals surface area contributed by atoms with Gasteiger partial charge in [-0.15, -0.1) is 0 Å². The Bertz CT molecular complexity index is 906. The van der Waals surface area contributed by atoms with Crippen molar-refractivity contribution in [1.82, 2.24) is 9.97 Å². The fourth-order valence-corrected chi connectivity index (χ4v) is 2.47. The Hall–Kier alpha value is -3.45. The fraction of sp³-hybridized carbons (Fsp3) is 0.136. The van der Waals surface area contributed by atoms with Crippen molar-refractivity contribution in [2.45, 2.75) is 13.3 Å². The van der Waals surface area contributed by atoms with Crippen LogP contribution in [0.15, 0.2) is 73.1 Å². The highest BCUT2D eigenvalue weighted by Gasteiger charge is 2.04. The van der Waals surface area contributed by atoms with E-state index in [2.05, 4.69) is 29.0 Å². The summed E-state index contributed by atoms with van der Waals surface area (Å²) in [5.41, 5.74) is 3.76. The number of hydrogen-bond acceptors (Lipinski definition) is 4. The highest BCUT2D eigenvalue weighted by Crippen LogP contribution is 2.23. The van der Waals surface area contributed by atoms with E-state index in [0.717, 1.165) is 23.1 Å². The highest BCUT2D eigenvalue weighted by atomic mass is 16.5. The van der Waals surface area contributed by atoms with Crippen LogP contribution in [0.4, 0.5) is 0 Å². The Morgan fingerprint density at radius 2 is 1.46 bits per heavy atom. The highest BCUT2D eigenvalue weighted by molar-refractivity contribution is 5.68. The topological polar surface area (TPSA) is 58.8 Å². The number of benzene rings is 2. The van der Waals surface area contributed by atoms with Gasteiger partial charge in [0.2, 0.25) is 0 Å². The molecule has 3 rings (SSSR count). The van der Waals surface area contributed by atoms with Gasteiger partial charge in [0.05, 0.1) is 24.0 Å². The number of ether oxygens (including phenoxy) is 1. The molecular formula is C22H19N3O. The molecule has 2 aromatic carbocycles. The molecule has 1 heterocycles. The summed E-state index contributed by atoms with van der Waals surface area (Å²) in [5, 5.41) is 8.88. The molecule has 1 aromatic heterocycles. The molecule has 4 heteroatoms. The smallest absolute Gasteiger partial charge is 0.159 e. The molecule has 0 saturated carbocycles. The van der Waals surface area contributed by atoms with Crippen molar-refractivity contribution in [3.63, 3.8) is 0 Å². The zero-order chi connectivity index (χ0) is 18.2. The van der Waals surface area contributed by atoms with Gasteiger partial charge in [-0.05, 0) is 29.7 Å². The van der Waals surface area contributed by atoms with Crippen LogP contribution in [0, 0.1) is 11.3 Å². The van der Waals surface area contributed by atoms with E-state index in [0.29, 0.717) is 23.7 Å². The zero-order valence-electron chi connectivity index (χ0n) is 14.6. The monoisotopic (exact) mass is 341 g/mol. The second-order valence-electron chi connectivity index (χ2n) is 5.70. The average molecular weight is 341 g/mol. The zero-order valence-corrected chi connectivity index (χ0v) is 14.6. The summed E-state index contributed by atoms with van der Waals surface area (Å²) in [6.07, 6.45) is 8.42. The lowest BCUT2D eigenvalue weighted by molar-refractivity contribution is 0.359. The largest absolute Gasteiger partial charge is 0.486 e. The molecule has 0 spiro atoms. The molecule has 0 saturated heterocycles. The lowest BCUT2D eigenvalue weighted by Gasteiger charge is -2.06. The van der Waals surface area contributed by atoms with Crippen molar-refractivity contribution in [2.75, 3.05) is 6.61 Å². The second-order valence-corrected chi connectivity index (χ2v) is 5.70. The summed E-state index contributed by atoms with van der Waals surface area (Å²) in [6, 6.07) is 17.7. The molecule has 0 N–H and O–H groups in total. The minimum absolute atomic E-state index is 0.524. The van der Waals surface area contributed by atoms with Gasteiger partial charge in [-0.25, -0.2) is 9.97 Å². The van der Waals surface area contributed by atoms with Crippen LogP contribution >= 0.6 is 0 Å². The second kappa shape index (κ2) is 8.59. The van der Waals surface area contributed by atoms with Crippen LogP contribution in [-0.4, -0.2) is 16.6 Å². The van der Waals surface area contributed by atoms with Gasteiger partial charge in [-0.2, -0.15) is 5.26 Å². The van der Waals surface area contributed by atoms with Gasteiger partial charge in [-0.1, -0.05) is 55.5 Å². The summed E-state index contributed by atoms with van der Waals surface area (Å²) in [5.74, 6) is 1.32. The molecule has 0 aliphatic rings. The third-order valence-electron chi connectivity index (χ3n) is 3.87. The number of allylic oxidation sites excluding steroid dienone is 1. The molecule has 3 aromatic rings. The van der Waals surface area contributed by atoms with Crippen molar-refractivity contribution >= 4 is 0 Å². The number of rotatable bonds is 6. The molecule has 0 aliphatic carbocycles. The maximum absolute atomic E-state index is 8.88. The molecule has 0 fully saturated rings. The van der Waals surface area contributed by atoms with E-state index in [1.54, 1.807) is 12.4 Å². The van der Waals surface area contributed by atoms with Crippen molar-refractivity contribution in [3.05, 3.63) is 78.6 Å². The van der Waals surface area contributed by atoms with Crippen molar-refractivity contribution in [1.29, 1.82) is 5.26 Å². The molecule has 26 heavy (non-hydrogen) atoms. The van der Waals surface area contributed by atoms with Gasteiger partial charge in [-0.3, -0.25) is 0 Å². The van der Waals surface area contributed by atoms with Crippen LogP contribution in [0.3, 0.4) is 0 Å². The van der Waals surface area contributed by atoms with E-state index in [-0.39, 0.29) is 0 Å². The van der Waals surface area contributed by atoms with Crippen molar-refractivity contribution in [3.8, 4) is 34.3 Å². The molecule has 0 amide bonds. The fourth-order valence-electron chi connectivity index (χ4n) is 2.47. The SMILES string of the molecule is CCC=CCOc1cnc(-c2ccc(-c3ccc(C#N)cc3)cc2)nc1. The first kappa shape index (κ1) is 17.4. The third-order valence-corrected chi connectivity index (χ3v) is 3.87. The molecular weight excluding hydrogens is 322 g/mol. The predicted molar refractivity (Wildman–Crippen MR) is 103 cm³/mol. The van der Waals surface area contributed by atoms with Gasteiger partial charge >= 0.3 is 0 Å².